The number of nitrogens with zero attached hydrogens (tertiary/aromatic N) is 1. The largest absolute Gasteiger partial charge is 0.493 e. The molecule has 0 atom stereocenters. The summed E-state index contributed by atoms with van der Waals surface area (Å²) in [5.74, 6) is 1.19. The number of aromatic nitrogens is 1. The summed E-state index contributed by atoms with van der Waals surface area (Å²) in [4.78, 5) is 16.7. The molecule has 0 aliphatic rings. The summed E-state index contributed by atoms with van der Waals surface area (Å²) in [6.07, 6.45) is 0.272. The Morgan fingerprint density at radius 2 is 1.80 bits per heavy atom. The van der Waals surface area contributed by atoms with Gasteiger partial charge in [-0.2, -0.15) is 0 Å². The number of carbonyl (C=O) groups excluding carboxylic acids is 1. The summed E-state index contributed by atoms with van der Waals surface area (Å²) < 4.78 is 10.5. The number of hydrogen-bond acceptors (Lipinski definition) is 4. The second kappa shape index (κ2) is 7.66. The van der Waals surface area contributed by atoms with Gasteiger partial charge in [0.05, 0.1) is 38.4 Å². The standard InChI is InChI=1S/C20H20N2O3/c1-24-18-10-7-14(11-19(18)25-2)12-20(23)21-13-16-9-8-15-5-3-4-6-17(15)22-16/h3-11H,12-13H2,1-2H3,(H,21,23). The fraction of sp³-hybridized carbons (Fsp3) is 0.200. The van der Waals surface area contributed by atoms with Crippen molar-refractivity contribution in [2.24, 2.45) is 0 Å². The van der Waals surface area contributed by atoms with Gasteiger partial charge in [0.1, 0.15) is 0 Å². The molecule has 3 rings (SSSR count). The van der Waals surface area contributed by atoms with E-state index < -0.39 is 0 Å². The highest BCUT2D eigenvalue weighted by atomic mass is 16.5. The van der Waals surface area contributed by atoms with Gasteiger partial charge >= 0.3 is 0 Å². The average Bonchev–Trinajstić information content (AvgIpc) is 2.66. The fourth-order valence-corrected chi connectivity index (χ4v) is 2.63. The average molecular weight is 336 g/mol. The van der Waals surface area contributed by atoms with Gasteiger partial charge in [-0.05, 0) is 29.8 Å². The van der Waals surface area contributed by atoms with Crippen molar-refractivity contribution in [1.29, 1.82) is 0 Å². The van der Waals surface area contributed by atoms with Gasteiger partial charge in [-0.25, -0.2) is 0 Å². The molecule has 0 aliphatic carbocycles. The van der Waals surface area contributed by atoms with Gasteiger partial charge in [0.2, 0.25) is 5.91 Å². The maximum atomic E-state index is 12.2. The first-order valence-electron chi connectivity index (χ1n) is 8.02. The van der Waals surface area contributed by atoms with Crippen molar-refractivity contribution in [1.82, 2.24) is 10.3 Å². The Hall–Kier alpha value is -3.08. The highest BCUT2D eigenvalue weighted by molar-refractivity contribution is 5.80. The first kappa shape index (κ1) is 16.8. The third-order valence-electron chi connectivity index (χ3n) is 3.94. The van der Waals surface area contributed by atoms with Crippen molar-refractivity contribution < 1.29 is 14.3 Å². The number of methoxy groups -OCH3 is 2. The second-order valence-electron chi connectivity index (χ2n) is 5.64. The molecule has 1 amide bonds. The van der Waals surface area contributed by atoms with E-state index in [1.165, 1.54) is 0 Å². The molecule has 2 aromatic carbocycles. The van der Waals surface area contributed by atoms with Gasteiger partial charge in [0.25, 0.3) is 0 Å². The summed E-state index contributed by atoms with van der Waals surface area (Å²) in [6, 6.07) is 17.3. The Labute approximate surface area is 146 Å². The lowest BCUT2D eigenvalue weighted by molar-refractivity contribution is -0.120. The summed E-state index contributed by atoms with van der Waals surface area (Å²) in [7, 11) is 3.16. The van der Waals surface area contributed by atoms with Gasteiger partial charge in [0, 0.05) is 5.39 Å². The van der Waals surface area contributed by atoms with E-state index >= 15 is 0 Å². The number of rotatable bonds is 6. The number of pyridine rings is 1. The number of amides is 1. The van der Waals surface area contributed by atoms with Crippen molar-refractivity contribution in [2.45, 2.75) is 13.0 Å². The number of hydrogen-bond donors (Lipinski definition) is 1. The van der Waals surface area contributed by atoms with E-state index in [9.17, 15) is 4.79 Å². The first-order chi connectivity index (χ1) is 12.2. The molecule has 0 aliphatic heterocycles. The summed E-state index contributed by atoms with van der Waals surface area (Å²) in [5, 5.41) is 3.99. The molecule has 0 bridgehead atoms. The maximum absolute atomic E-state index is 12.2. The van der Waals surface area contributed by atoms with Crippen LogP contribution in [0.4, 0.5) is 0 Å². The molecule has 1 N–H and O–H groups in total. The normalized spacial score (nSPS) is 10.5. The predicted molar refractivity (Wildman–Crippen MR) is 96.8 cm³/mol. The van der Waals surface area contributed by atoms with E-state index in [0.29, 0.717) is 18.0 Å². The third-order valence-corrected chi connectivity index (χ3v) is 3.94. The molecular formula is C20H20N2O3. The number of para-hydroxylation sites is 1. The van der Waals surface area contributed by atoms with Crippen molar-refractivity contribution in [3.05, 3.63) is 65.9 Å². The molecule has 0 saturated carbocycles. The van der Waals surface area contributed by atoms with Crippen LogP contribution in [0.3, 0.4) is 0 Å². The molecule has 0 spiro atoms. The SMILES string of the molecule is COc1ccc(CC(=O)NCc2ccc3ccccc3n2)cc1OC. The van der Waals surface area contributed by atoms with Crippen LogP contribution in [0.25, 0.3) is 10.9 Å². The smallest absolute Gasteiger partial charge is 0.224 e. The number of benzene rings is 2. The topological polar surface area (TPSA) is 60.5 Å². The monoisotopic (exact) mass is 336 g/mol. The second-order valence-corrected chi connectivity index (χ2v) is 5.64. The Balaban J connectivity index is 1.62. The Morgan fingerprint density at radius 3 is 2.60 bits per heavy atom. The number of fused-ring (bicyclic) bond motifs is 1. The highest BCUT2D eigenvalue weighted by Crippen LogP contribution is 2.27. The predicted octanol–water partition coefficient (Wildman–Crippen LogP) is 3.11. The first-order valence-corrected chi connectivity index (χ1v) is 8.02. The molecule has 0 fully saturated rings. The van der Waals surface area contributed by atoms with E-state index in [1.54, 1.807) is 20.3 Å². The lowest BCUT2D eigenvalue weighted by Gasteiger charge is -2.10. The van der Waals surface area contributed by atoms with E-state index in [0.717, 1.165) is 22.2 Å². The molecule has 5 nitrogen and oxygen atoms in total. The van der Waals surface area contributed by atoms with E-state index in [-0.39, 0.29) is 12.3 Å². The molecule has 1 heterocycles. The van der Waals surface area contributed by atoms with Gasteiger partial charge in [0.15, 0.2) is 11.5 Å². The highest BCUT2D eigenvalue weighted by Gasteiger charge is 2.08. The van der Waals surface area contributed by atoms with Gasteiger partial charge in [-0.15, -0.1) is 0 Å². The zero-order valence-corrected chi connectivity index (χ0v) is 14.3. The van der Waals surface area contributed by atoms with Crippen molar-refractivity contribution in [3.63, 3.8) is 0 Å². The van der Waals surface area contributed by atoms with E-state index in [1.807, 2.05) is 48.5 Å². The van der Waals surface area contributed by atoms with Crippen LogP contribution in [-0.2, 0) is 17.8 Å². The van der Waals surface area contributed by atoms with Gasteiger partial charge in [-0.1, -0.05) is 30.3 Å². The number of nitrogens with one attached hydrogen (secondary N) is 1. The number of carbonyl (C=O) groups is 1. The molecule has 1 aromatic heterocycles. The minimum Gasteiger partial charge on any atom is -0.493 e. The summed E-state index contributed by atoms with van der Waals surface area (Å²) in [6.45, 7) is 0.400. The fourth-order valence-electron chi connectivity index (χ4n) is 2.63. The maximum Gasteiger partial charge on any atom is 0.224 e. The van der Waals surface area contributed by atoms with Crippen LogP contribution in [0.5, 0.6) is 11.5 Å². The van der Waals surface area contributed by atoms with Crippen LogP contribution in [0.15, 0.2) is 54.6 Å². The van der Waals surface area contributed by atoms with Gasteiger partial charge < -0.3 is 14.8 Å². The summed E-state index contributed by atoms with van der Waals surface area (Å²) >= 11 is 0. The molecular weight excluding hydrogens is 316 g/mol. The number of ether oxygens (including phenoxy) is 2. The van der Waals surface area contributed by atoms with Crippen LogP contribution in [-0.4, -0.2) is 25.1 Å². The molecule has 5 heteroatoms. The molecule has 0 radical (unpaired) electrons. The zero-order valence-electron chi connectivity index (χ0n) is 14.3. The van der Waals surface area contributed by atoms with Crippen LogP contribution in [0.1, 0.15) is 11.3 Å². The van der Waals surface area contributed by atoms with Crippen molar-refractivity contribution in [2.75, 3.05) is 14.2 Å². The van der Waals surface area contributed by atoms with Crippen LogP contribution in [0.2, 0.25) is 0 Å². The molecule has 128 valence electrons. The molecule has 3 aromatic rings. The lowest BCUT2D eigenvalue weighted by Crippen LogP contribution is -2.25. The van der Waals surface area contributed by atoms with Gasteiger partial charge in [-0.3, -0.25) is 9.78 Å². The van der Waals surface area contributed by atoms with Crippen LogP contribution < -0.4 is 14.8 Å². The Morgan fingerprint density at radius 1 is 1.00 bits per heavy atom. The van der Waals surface area contributed by atoms with Crippen molar-refractivity contribution in [3.8, 4) is 11.5 Å². The minimum atomic E-state index is -0.0674. The summed E-state index contributed by atoms with van der Waals surface area (Å²) in [5.41, 5.74) is 2.62. The van der Waals surface area contributed by atoms with Crippen LogP contribution >= 0.6 is 0 Å². The molecule has 0 unspecified atom stereocenters. The molecule has 25 heavy (non-hydrogen) atoms. The third kappa shape index (κ3) is 4.07. The minimum absolute atomic E-state index is 0.0674. The van der Waals surface area contributed by atoms with E-state index in [2.05, 4.69) is 10.3 Å². The van der Waals surface area contributed by atoms with Crippen molar-refractivity contribution >= 4 is 16.8 Å². The Bertz CT molecular complexity index is 893. The molecule has 0 saturated heterocycles. The van der Waals surface area contributed by atoms with Crippen LogP contribution in [0, 0.1) is 0 Å². The quantitative estimate of drug-likeness (QED) is 0.751. The van der Waals surface area contributed by atoms with E-state index in [4.69, 9.17) is 9.47 Å². The Kier molecular flexibility index (Phi) is 5.14. The lowest BCUT2D eigenvalue weighted by atomic mass is 10.1. The zero-order chi connectivity index (χ0) is 17.6.